The van der Waals surface area contributed by atoms with Gasteiger partial charge in [0.25, 0.3) is 5.91 Å². The first-order valence-electron chi connectivity index (χ1n) is 9.65. The summed E-state index contributed by atoms with van der Waals surface area (Å²) in [4.78, 5) is 32.5. The molecule has 3 aromatic rings. The number of anilines is 1. The molecule has 1 N–H and O–H groups in total. The van der Waals surface area contributed by atoms with E-state index in [4.69, 9.17) is 16.3 Å². The van der Waals surface area contributed by atoms with E-state index < -0.39 is 17.3 Å². The first-order chi connectivity index (χ1) is 15.5. The number of imide groups is 1. The van der Waals surface area contributed by atoms with Crippen molar-refractivity contribution in [3.8, 4) is 11.8 Å². The summed E-state index contributed by atoms with van der Waals surface area (Å²) in [5.41, 5.74) is 1.50. The lowest BCUT2D eigenvalue weighted by Gasteiger charge is -2.33. The van der Waals surface area contributed by atoms with E-state index in [1.165, 1.54) is 18.0 Å². The van der Waals surface area contributed by atoms with Gasteiger partial charge in [-0.05, 0) is 30.3 Å². The van der Waals surface area contributed by atoms with Crippen molar-refractivity contribution in [1.82, 2.24) is 10.3 Å². The Bertz CT molecular complexity index is 1370. The lowest BCUT2D eigenvalue weighted by molar-refractivity contribution is -0.118. The molecule has 2 aliphatic rings. The third-order valence-corrected chi connectivity index (χ3v) is 7.14. The van der Waals surface area contributed by atoms with Gasteiger partial charge < -0.3 is 10.1 Å². The monoisotopic (exact) mass is 462 g/mol. The number of carbonyl (C=O) groups is 2. The number of nitriles is 1. The molecule has 2 unspecified atom stereocenters. The minimum absolute atomic E-state index is 0.356. The Kier molecular flexibility index (Phi) is 5.00. The van der Waals surface area contributed by atoms with Crippen molar-refractivity contribution in [2.45, 2.75) is 11.3 Å². The topological polar surface area (TPSA) is 95.3 Å². The van der Waals surface area contributed by atoms with Gasteiger partial charge in [-0.1, -0.05) is 23.7 Å². The molecule has 2 atom stereocenters. The van der Waals surface area contributed by atoms with E-state index >= 15 is 0 Å². The fourth-order valence-electron chi connectivity index (χ4n) is 3.91. The Balaban J connectivity index is 1.52. The molecule has 3 amide bonds. The smallest absolute Gasteiger partial charge is 0.329 e. The summed E-state index contributed by atoms with van der Waals surface area (Å²) in [5, 5.41) is 13.6. The van der Waals surface area contributed by atoms with Crippen LogP contribution in [0.25, 0.3) is 15.7 Å². The number of methoxy groups -OCH3 is 1. The van der Waals surface area contributed by atoms with Gasteiger partial charge in [0.15, 0.2) is 0 Å². The molecule has 158 valence electrons. The van der Waals surface area contributed by atoms with Gasteiger partial charge in [-0.15, -0.1) is 11.8 Å². The summed E-state index contributed by atoms with van der Waals surface area (Å²) in [6, 6.07) is 11.6. The van der Waals surface area contributed by atoms with E-state index in [0.717, 1.165) is 9.81 Å². The summed E-state index contributed by atoms with van der Waals surface area (Å²) in [6.07, 6.45) is 4.91. The molecule has 2 aliphatic heterocycles. The van der Waals surface area contributed by atoms with Crippen LogP contribution in [0, 0.1) is 11.3 Å². The fourth-order valence-corrected chi connectivity index (χ4v) is 5.43. The van der Waals surface area contributed by atoms with Crippen LogP contribution in [-0.2, 0) is 4.79 Å². The number of ether oxygens (including phenoxy) is 1. The normalized spacial score (nSPS) is 19.9. The molecular formula is C23H15ClN4O3S. The van der Waals surface area contributed by atoms with E-state index in [1.807, 2.05) is 6.08 Å². The van der Waals surface area contributed by atoms with E-state index in [0.29, 0.717) is 38.4 Å². The minimum atomic E-state index is -0.574. The maximum absolute atomic E-state index is 13.5. The molecule has 0 bridgehead atoms. The van der Waals surface area contributed by atoms with Crippen molar-refractivity contribution in [1.29, 1.82) is 5.26 Å². The highest BCUT2D eigenvalue weighted by Crippen LogP contribution is 2.44. The first-order valence-corrected chi connectivity index (χ1v) is 10.9. The van der Waals surface area contributed by atoms with Crippen LogP contribution < -0.4 is 15.0 Å². The number of rotatable bonds is 3. The molecule has 0 aliphatic carbocycles. The number of pyridine rings is 1. The summed E-state index contributed by atoms with van der Waals surface area (Å²) >= 11 is 7.59. The molecule has 0 spiro atoms. The molecule has 3 heterocycles. The number of benzene rings is 2. The minimum Gasteiger partial charge on any atom is -0.497 e. The van der Waals surface area contributed by atoms with Crippen LogP contribution in [0.15, 0.2) is 54.9 Å². The maximum Gasteiger partial charge on any atom is 0.329 e. The average Bonchev–Trinajstić information content (AvgIpc) is 3.23. The number of aromatic nitrogens is 1. The van der Waals surface area contributed by atoms with Crippen LogP contribution in [0.2, 0.25) is 5.02 Å². The second-order valence-electron chi connectivity index (χ2n) is 7.24. The van der Waals surface area contributed by atoms with Gasteiger partial charge in [0.1, 0.15) is 11.0 Å². The van der Waals surface area contributed by atoms with Crippen molar-refractivity contribution in [2.75, 3.05) is 12.0 Å². The summed E-state index contributed by atoms with van der Waals surface area (Å²) < 4.78 is 5.29. The van der Waals surface area contributed by atoms with Crippen LogP contribution in [0.3, 0.4) is 0 Å². The predicted octanol–water partition coefficient (Wildman–Crippen LogP) is 4.35. The number of hydrogen-bond donors (Lipinski definition) is 1. The van der Waals surface area contributed by atoms with Crippen LogP contribution in [0.1, 0.15) is 11.1 Å². The number of fused-ring (bicyclic) bond motifs is 2. The highest BCUT2D eigenvalue weighted by atomic mass is 35.5. The van der Waals surface area contributed by atoms with Crippen molar-refractivity contribution < 1.29 is 14.3 Å². The number of nitrogens with one attached hydrogen (secondary N) is 1. The van der Waals surface area contributed by atoms with E-state index in [-0.39, 0.29) is 5.91 Å². The zero-order valence-corrected chi connectivity index (χ0v) is 18.3. The second-order valence-corrected chi connectivity index (χ2v) is 8.83. The third-order valence-electron chi connectivity index (χ3n) is 5.45. The van der Waals surface area contributed by atoms with Gasteiger partial charge in [-0.3, -0.25) is 9.78 Å². The summed E-state index contributed by atoms with van der Waals surface area (Å²) in [6.45, 7) is 0. The summed E-state index contributed by atoms with van der Waals surface area (Å²) in [7, 11) is 1.55. The van der Waals surface area contributed by atoms with Gasteiger partial charge in [-0.25, -0.2) is 9.69 Å². The zero-order valence-electron chi connectivity index (χ0n) is 16.7. The van der Waals surface area contributed by atoms with Crippen molar-refractivity contribution >= 4 is 56.7 Å². The van der Waals surface area contributed by atoms with Crippen molar-refractivity contribution in [3.05, 3.63) is 71.0 Å². The standard InChI is InChI=1S/C23H15ClN4O3S/c1-31-13-6-5-12(9-25)15(7-13)20-8-18-21(32-20)22(29)28(23(30)27-18)19-11-26-10-16-14(19)3-2-4-17(16)24/h2-8,10-11,18,21H,1H3,(H,27,30). The SMILES string of the molecule is COc1ccc(C#N)c(C2=CC3NC(=O)N(c4cncc5c(Cl)cccc45)C(=O)C3S2)c1. The number of thioether (sulfide) groups is 1. The van der Waals surface area contributed by atoms with Crippen LogP contribution in [0.4, 0.5) is 10.5 Å². The van der Waals surface area contributed by atoms with Crippen molar-refractivity contribution in [2.24, 2.45) is 0 Å². The van der Waals surface area contributed by atoms with Gasteiger partial charge in [0.2, 0.25) is 0 Å². The van der Waals surface area contributed by atoms with E-state index in [2.05, 4.69) is 16.4 Å². The highest BCUT2D eigenvalue weighted by molar-refractivity contribution is 8.09. The Labute approximate surface area is 192 Å². The summed E-state index contributed by atoms with van der Waals surface area (Å²) in [5.74, 6) is 0.247. The first kappa shape index (κ1) is 20.4. The lowest BCUT2D eigenvalue weighted by Crippen LogP contribution is -2.60. The Morgan fingerprint density at radius 3 is 2.84 bits per heavy atom. The second kappa shape index (κ2) is 7.86. The predicted molar refractivity (Wildman–Crippen MR) is 124 cm³/mol. The number of carbonyl (C=O) groups excluding carboxylic acids is 2. The Morgan fingerprint density at radius 2 is 2.06 bits per heavy atom. The molecule has 5 rings (SSSR count). The quantitative estimate of drug-likeness (QED) is 0.621. The third kappa shape index (κ3) is 3.18. The fraction of sp³-hybridized carbons (Fsp3) is 0.130. The van der Waals surface area contributed by atoms with Gasteiger partial charge >= 0.3 is 6.03 Å². The lowest BCUT2D eigenvalue weighted by atomic mass is 10.0. The Morgan fingerprint density at radius 1 is 1.22 bits per heavy atom. The van der Waals surface area contributed by atoms with Crippen molar-refractivity contribution in [3.63, 3.8) is 0 Å². The molecular weight excluding hydrogens is 448 g/mol. The molecule has 0 radical (unpaired) electrons. The zero-order chi connectivity index (χ0) is 22.4. The van der Waals surface area contributed by atoms with Gasteiger partial charge in [0, 0.05) is 27.4 Å². The van der Waals surface area contributed by atoms with E-state index in [1.54, 1.807) is 49.7 Å². The molecule has 2 aromatic carbocycles. The van der Waals surface area contributed by atoms with E-state index in [9.17, 15) is 14.9 Å². The average molecular weight is 463 g/mol. The number of amides is 3. The number of urea groups is 1. The Hall–Kier alpha value is -3.54. The largest absolute Gasteiger partial charge is 0.497 e. The molecule has 7 nitrogen and oxygen atoms in total. The molecule has 1 aromatic heterocycles. The van der Waals surface area contributed by atoms with Gasteiger partial charge in [0.05, 0.1) is 41.7 Å². The molecule has 1 fully saturated rings. The molecule has 1 saturated heterocycles. The highest BCUT2D eigenvalue weighted by Gasteiger charge is 2.46. The number of nitrogens with zero attached hydrogens (tertiary/aromatic N) is 3. The molecule has 9 heteroatoms. The number of halogens is 1. The van der Waals surface area contributed by atoms with Crippen LogP contribution in [-0.4, -0.2) is 35.3 Å². The van der Waals surface area contributed by atoms with Crippen LogP contribution >= 0.6 is 23.4 Å². The number of hydrogen-bond acceptors (Lipinski definition) is 6. The maximum atomic E-state index is 13.5. The van der Waals surface area contributed by atoms with Gasteiger partial charge in [-0.2, -0.15) is 5.26 Å². The molecule has 32 heavy (non-hydrogen) atoms. The molecule has 0 saturated carbocycles. The van der Waals surface area contributed by atoms with Crippen LogP contribution in [0.5, 0.6) is 5.75 Å².